The van der Waals surface area contributed by atoms with E-state index in [1.165, 1.54) is 6.33 Å². The van der Waals surface area contributed by atoms with Gasteiger partial charge in [-0.05, 0) is 40.2 Å². The van der Waals surface area contributed by atoms with Crippen molar-refractivity contribution in [2.75, 3.05) is 5.73 Å². The lowest BCUT2D eigenvalue weighted by Gasteiger charge is -2.35. The summed E-state index contributed by atoms with van der Waals surface area (Å²) in [7, 11) is 0. The first-order chi connectivity index (χ1) is 11.6. The van der Waals surface area contributed by atoms with Gasteiger partial charge in [0.1, 0.15) is 30.1 Å². The number of nitrogens with zero attached hydrogens (tertiary/aromatic N) is 3. The summed E-state index contributed by atoms with van der Waals surface area (Å²) in [6.07, 6.45) is 1.50. The highest BCUT2D eigenvalue weighted by atomic mass is 16.6. The predicted molar refractivity (Wildman–Crippen MR) is 94.7 cm³/mol. The van der Waals surface area contributed by atoms with Gasteiger partial charge < -0.3 is 30.0 Å². The number of anilines is 1. The second-order valence-electron chi connectivity index (χ2n) is 6.67. The minimum Gasteiger partial charge on any atom is -0.391 e. The molecule has 140 valence electrons. The Morgan fingerprint density at radius 1 is 1.32 bits per heavy atom. The molecule has 4 N–H and O–H groups in total. The van der Waals surface area contributed by atoms with Crippen molar-refractivity contribution in [2.24, 2.45) is 0 Å². The van der Waals surface area contributed by atoms with E-state index in [4.69, 9.17) is 15.2 Å². The topological polar surface area (TPSA) is 116 Å². The van der Waals surface area contributed by atoms with Crippen molar-refractivity contribution in [3.05, 3.63) is 18.6 Å². The maximum Gasteiger partial charge on any atom is 0.160 e. The van der Waals surface area contributed by atoms with E-state index in [0.29, 0.717) is 17.9 Å². The number of ether oxygens (including phenoxy) is 2. The third-order valence-electron chi connectivity index (χ3n) is 3.97. The molecule has 0 saturated carbocycles. The lowest BCUT2D eigenvalue weighted by atomic mass is 10.1. The van der Waals surface area contributed by atoms with Gasteiger partial charge in [-0.3, -0.25) is 0 Å². The largest absolute Gasteiger partial charge is 0.391 e. The van der Waals surface area contributed by atoms with E-state index < -0.39 is 30.3 Å². The highest BCUT2D eigenvalue weighted by Gasteiger charge is 2.32. The van der Waals surface area contributed by atoms with Gasteiger partial charge in [-0.1, -0.05) is 6.92 Å². The van der Waals surface area contributed by atoms with Crippen LogP contribution >= 0.6 is 0 Å². The Labute approximate surface area is 147 Å². The van der Waals surface area contributed by atoms with Crippen molar-refractivity contribution in [1.82, 2.24) is 14.5 Å². The van der Waals surface area contributed by atoms with Crippen LogP contribution in [-0.4, -0.2) is 48.8 Å². The molecule has 0 spiro atoms. The summed E-state index contributed by atoms with van der Waals surface area (Å²) in [6.45, 7) is 8.51. The molecule has 0 radical (unpaired) electrons. The summed E-state index contributed by atoms with van der Waals surface area (Å²) >= 11 is 0. The van der Waals surface area contributed by atoms with Crippen LogP contribution in [0.1, 0.15) is 47.3 Å². The van der Waals surface area contributed by atoms with Crippen LogP contribution in [0, 0.1) is 0 Å². The van der Waals surface area contributed by atoms with E-state index in [1.807, 2.05) is 30.7 Å². The van der Waals surface area contributed by atoms with Crippen molar-refractivity contribution < 1.29 is 19.7 Å². The fraction of sp³-hybridized carbons (Fsp3) is 0.647. The zero-order valence-electron chi connectivity index (χ0n) is 15.4. The summed E-state index contributed by atoms with van der Waals surface area (Å²) in [6, 6.07) is 1.83. The molecule has 2 aromatic heterocycles. The number of aromatic nitrogens is 3. The van der Waals surface area contributed by atoms with Crippen molar-refractivity contribution in [3.63, 3.8) is 0 Å². The van der Waals surface area contributed by atoms with E-state index in [9.17, 15) is 10.2 Å². The van der Waals surface area contributed by atoms with Crippen molar-refractivity contribution in [2.45, 2.75) is 71.4 Å². The monoisotopic (exact) mass is 352 g/mol. The van der Waals surface area contributed by atoms with Gasteiger partial charge in [0.25, 0.3) is 0 Å². The van der Waals surface area contributed by atoms with Gasteiger partial charge in [0, 0.05) is 6.20 Å². The first-order valence-electron chi connectivity index (χ1n) is 8.44. The van der Waals surface area contributed by atoms with Gasteiger partial charge in [-0.15, -0.1) is 0 Å². The predicted octanol–water partition coefficient (Wildman–Crippen LogP) is 1.82. The van der Waals surface area contributed by atoms with E-state index in [1.54, 1.807) is 20.8 Å². The van der Waals surface area contributed by atoms with Crippen LogP contribution in [0.3, 0.4) is 0 Å². The Morgan fingerprint density at radius 3 is 2.56 bits per heavy atom. The number of nitrogens with two attached hydrogens (primary N) is 1. The Kier molecular flexibility index (Phi) is 5.99. The van der Waals surface area contributed by atoms with Gasteiger partial charge in [-0.2, -0.15) is 0 Å². The molecule has 0 saturated heterocycles. The quantitative estimate of drug-likeness (QED) is 0.621. The van der Waals surface area contributed by atoms with E-state index in [0.717, 1.165) is 5.39 Å². The summed E-state index contributed by atoms with van der Waals surface area (Å²) in [5.74, 6) is -0.915. The number of rotatable bonds is 8. The molecule has 25 heavy (non-hydrogen) atoms. The van der Waals surface area contributed by atoms with Crippen LogP contribution in [0.2, 0.25) is 0 Å². The van der Waals surface area contributed by atoms with Gasteiger partial charge in [0.05, 0.1) is 17.6 Å². The van der Waals surface area contributed by atoms with Crippen molar-refractivity contribution in [1.29, 1.82) is 0 Å². The molecule has 2 heterocycles. The molecule has 1 unspecified atom stereocenters. The van der Waals surface area contributed by atoms with Crippen LogP contribution in [0.15, 0.2) is 18.6 Å². The first kappa shape index (κ1) is 19.6. The molecule has 8 heteroatoms. The third-order valence-corrected chi connectivity index (χ3v) is 3.97. The molecule has 0 aliphatic carbocycles. The standard InChI is InChI=1S/C17H28N4O4/c1-6-13(25-17(4,5)23)14(10(2)22)24-11(3)21-8-7-12-15(18)19-9-20-16(12)21/h7-11,13-14,22-23H,6H2,1-5H3,(H2,18,19,20)/t10-,11?,13-,14+/m0/s1. The summed E-state index contributed by atoms with van der Waals surface area (Å²) in [5, 5.41) is 20.9. The van der Waals surface area contributed by atoms with Crippen LogP contribution < -0.4 is 5.73 Å². The number of nitrogen functional groups attached to an aromatic ring is 1. The second kappa shape index (κ2) is 7.65. The first-order valence-corrected chi connectivity index (χ1v) is 8.44. The van der Waals surface area contributed by atoms with Crippen LogP contribution in [0.5, 0.6) is 0 Å². The maximum atomic E-state index is 10.2. The Bertz CT molecular complexity index is 696. The average molecular weight is 352 g/mol. The zero-order chi connectivity index (χ0) is 18.8. The Morgan fingerprint density at radius 2 is 2.00 bits per heavy atom. The van der Waals surface area contributed by atoms with E-state index in [-0.39, 0.29) is 0 Å². The molecule has 0 aromatic carbocycles. The molecule has 0 amide bonds. The van der Waals surface area contributed by atoms with Crippen LogP contribution in [0.4, 0.5) is 5.82 Å². The van der Waals surface area contributed by atoms with Crippen LogP contribution in [0.25, 0.3) is 11.0 Å². The molecule has 2 rings (SSSR count). The molecular weight excluding hydrogens is 324 g/mol. The highest BCUT2D eigenvalue weighted by Crippen LogP contribution is 2.26. The Hall–Kier alpha value is -1.74. The normalized spacial score (nSPS) is 17.4. The lowest BCUT2D eigenvalue weighted by Crippen LogP contribution is -2.44. The molecule has 0 aliphatic heterocycles. The second-order valence-corrected chi connectivity index (χ2v) is 6.67. The minimum absolute atomic E-state index is 0.403. The molecular formula is C17H28N4O4. The van der Waals surface area contributed by atoms with Gasteiger partial charge in [0.15, 0.2) is 5.79 Å². The number of hydrogen-bond donors (Lipinski definition) is 3. The summed E-state index contributed by atoms with van der Waals surface area (Å²) in [4.78, 5) is 8.23. The third kappa shape index (κ3) is 4.66. The highest BCUT2D eigenvalue weighted by molar-refractivity contribution is 5.86. The molecule has 0 bridgehead atoms. The van der Waals surface area contributed by atoms with Crippen molar-refractivity contribution in [3.8, 4) is 0 Å². The van der Waals surface area contributed by atoms with E-state index >= 15 is 0 Å². The van der Waals surface area contributed by atoms with Gasteiger partial charge in [0.2, 0.25) is 0 Å². The van der Waals surface area contributed by atoms with E-state index in [2.05, 4.69) is 9.97 Å². The zero-order valence-corrected chi connectivity index (χ0v) is 15.4. The molecule has 4 atom stereocenters. The maximum absolute atomic E-state index is 10.2. The van der Waals surface area contributed by atoms with Gasteiger partial charge >= 0.3 is 0 Å². The van der Waals surface area contributed by atoms with Gasteiger partial charge in [-0.25, -0.2) is 9.97 Å². The number of aliphatic hydroxyl groups excluding tert-OH is 1. The lowest BCUT2D eigenvalue weighted by molar-refractivity contribution is -0.249. The van der Waals surface area contributed by atoms with Crippen LogP contribution in [-0.2, 0) is 9.47 Å². The molecule has 0 aliphatic rings. The summed E-state index contributed by atoms with van der Waals surface area (Å²) in [5.41, 5.74) is 6.52. The fourth-order valence-electron chi connectivity index (χ4n) is 2.84. The molecule has 8 nitrogen and oxygen atoms in total. The average Bonchev–Trinajstić information content (AvgIpc) is 2.94. The van der Waals surface area contributed by atoms with Crippen molar-refractivity contribution >= 4 is 16.9 Å². The SMILES string of the molecule is CC[C@H](OC(C)(C)O)[C@H](OC(C)n1ccc2c(N)ncnc21)[C@H](C)O. The minimum atomic E-state index is -1.32. The number of aliphatic hydroxyl groups is 2. The smallest absolute Gasteiger partial charge is 0.160 e. The summed E-state index contributed by atoms with van der Waals surface area (Å²) < 4.78 is 13.5. The molecule has 0 fully saturated rings. The number of hydrogen-bond acceptors (Lipinski definition) is 7. The number of fused-ring (bicyclic) bond motifs is 1. The fourth-order valence-corrected chi connectivity index (χ4v) is 2.84. The molecule has 2 aromatic rings. The Balaban J connectivity index is 2.24.